The molecule has 0 radical (unpaired) electrons. The molecule has 0 unspecified atom stereocenters. The van der Waals surface area contributed by atoms with Crippen LogP contribution in [0.15, 0.2) is 60.7 Å². The number of benzene rings is 2. The minimum atomic E-state index is -0.341. The lowest BCUT2D eigenvalue weighted by atomic mass is 9.86. The Balaban J connectivity index is 1.17. The molecule has 2 amide bonds. The molecule has 0 N–H and O–H groups in total. The molecule has 174 valence electrons. The Hall–Kier alpha value is -3.35. The van der Waals surface area contributed by atoms with Gasteiger partial charge in [0.25, 0.3) is 0 Å². The second-order valence-corrected chi connectivity index (χ2v) is 8.60. The summed E-state index contributed by atoms with van der Waals surface area (Å²) < 4.78 is 11.0. The first kappa shape index (κ1) is 22.8. The Kier molecular flexibility index (Phi) is 7.60. The van der Waals surface area contributed by atoms with Gasteiger partial charge in [0.05, 0.1) is 5.56 Å². The van der Waals surface area contributed by atoms with Gasteiger partial charge in [-0.15, -0.1) is 0 Å². The van der Waals surface area contributed by atoms with Crippen molar-refractivity contribution in [1.82, 2.24) is 9.80 Å². The molecule has 7 heteroatoms. The number of nitrogens with zero attached hydrogens (tertiary/aromatic N) is 2. The Labute approximate surface area is 194 Å². The third kappa shape index (κ3) is 6.12. The van der Waals surface area contributed by atoms with Gasteiger partial charge in [-0.1, -0.05) is 48.5 Å². The first-order valence-electron chi connectivity index (χ1n) is 11.6. The van der Waals surface area contributed by atoms with Gasteiger partial charge in [-0.3, -0.25) is 4.79 Å². The van der Waals surface area contributed by atoms with Crippen molar-refractivity contribution in [2.24, 2.45) is 5.92 Å². The first-order chi connectivity index (χ1) is 16.1. The van der Waals surface area contributed by atoms with Crippen molar-refractivity contribution in [3.8, 4) is 0 Å². The number of hydrogen-bond donors (Lipinski definition) is 0. The summed E-state index contributed by atoms with van der Waals surface area (Å²) in [5, 5.41) is 0. The maximum Gasteiger partial charge on any atom is 0.410 e. The monoisotopic (exact) mass is 450 g/mol. The summed E-state index contributed by atoms with van der Waals surface area (Å²) in [7, 11) is 0. The van der Waals surface area contributed by atoms with Crippen LogP contribution in [0, 0.1) is 5.92 Å². The molecule has 7 nitrogen and oxygen atoms in total. The number of ether oxygens (including phenoxy) is 2. The van der Waals surface area contributed by atoms with Crippen LogP contribution in [-0.4, -0.2) is 60.1 Å². The summed E-state index contributed by atoms with van der Waals surface area (Å²) in [6.07, 6.45) is 2.34. The van der Waals surface area contributed by atoms with E-state index >= 15 is 0 Å². The van der Waals surface area contributed by atoms with E-state index in [4.69, 9.17) is 9.47 Å². The number of hydrogen-bond acceptors (Lipinski definition) is 5. The van der Waals surface area contributed by atoms with Crippen molar-refractivity contribution >= 4 is 18.0 Å². The Bertz CT molecular complexity index is 934. The van der Waals surface area contributed by atoms with E-state index in [1.807, 2.05) is 53.4 Å². The highest BCUT2D eigenvalue weighted by Gasteiger charge is 2.33. The fourth-order valence-electron chi connectivity index (χ4n) is 4.40. The summed E-state index contributed by atoms with van der Waals surface area (Å²) in [6, 6.07) is 18.6. The van der Waals surface area contributed by atoms with Crippen LogP contribution in [-0.2, 0) is 20.9 Å². The van der Waals surface area contributed by atoms with E-state index in [2.05, 4.69) is 0 Å². The molecular weight excluding hydrogens is 420 g/mol. The van der Waals surface area contributed by atoms with Crippen molar-refractivity contribution in [1.29, 1.82) is 0 Å². The number of carbonyl (C=O) groups is 3. The highest BCUT2D eigenvalue weighted by molar-refractivity contribution is 5.89. The van der Waals surface area contributed by atoms with E-state index in [0.29, 0.717) is 57.4 Å². The van der Waals surface area contributed by atoms with Crippen molar-refractivity contribution in [3.63, 3.8) is 0 Å². The average Bonchev–Trinajstić information content (AvgIpc) is 2.88. The molecule has 0 aromatic heterocycles. The zero-order valence-corrected chi connectivity index (χ0v) is 18.7. The van der Waals surface area contributed by atoms with Gasteiger partial charge in [-0.05, 0) is 43.4 Å². The molecule has 0 spiro atoms. The molecule has 1 aliphatic heterocycles. The summed E-state index contributed by atoms with van der Waals surface area (Å²) in [4.78, 5) is 41.1. The highest BCUT2D eigenvalue weighted by Crippen LogP contribution is 2.29. The molecule has 4 rings (SSSR count). The maximum absolute atomic E-state index is 13.0. The lowest BCUT2D eigenvalue weighted by Gasteiger charge is -2.37. The van der Waals surface area contributed by atoms with Gasteiger partial charge < -0.3 is 19.3 Å². The van der Waals surface area contributed by atoms with Gasteiger partial charge >= 0.3 is 12.1 Å². The normalized spacial score (nSPS) is 20.7. The molecular formula is C26H30N2O5. The molecule has 1 saturated carbocycles. The number of piperazine rings is 1. The van der Waals surface area contributed by atoms with Gasteiger partial charge in [0.1, 0.15) is 12.7 Å². The van der Waals surface area contributed by atoms with Gasteiger partial charge in [-0.25, -0.2) is 9.59 Å². The van der Waals surface area contributed by atoms with Crippen LogP contribution < -0.4 is 0 Å². The van der Waals surface area contributed by atoms with E-state index in [1.165, 1.54) is 0 Å². The standard InChI is InChI=1S/C26H30N2O5/c29-24(21-11-13-23(14-12-21)33-25(30)22-9-5-2-6-10-22)27-15-17-28(18-16-27)26(31)32-19-20-7-3-1-4-8-20/h1-10,21,23H,11-19H2/t21-,23-. The van der Waals surface area contributed by atoms with Crippen LogP contribution >= 0.6 is 0 Å². The van der Waals surface area contributed by atoms with Crippen LogP contribution in [0.1, 0.15) is 41.6 Å². The zero-order chi connectivity index (χ0) is 23.0. The summed E-state index contributed by atoms with van der Waals surface area (Å²) in [6.45, 7) is 2.23. The fourth-order valence-corrected chi connectivity index (χ4v) is 4.40. The topological polar surface area (TPSA) is 76.2 Å². The maximum atomic E-state index is 13.0. The van der Waals surface area contributed by atoms with Crippen molar-refractivity contribution in [3.05, 3.63) is 71.8 Å². The van der Waals surface area contributed by atoms with Gasteiger partial charge in [0.15, 0.2) is 0 Å². The number of rotatable bonds is 5. The second-order valence-electron chi connectivity index (χ2n) is 8.60. The van der Waals surface area contributed by atoms with E-state index in [-0.39, 0.29) is 36.6 Å². The first-order valence-corrected chi connectivity index (χ1v) is 11.6. The zero-order valence-electron chi connectivity index (χ0n) is 18.7. The third-order valence-corrected chi connectivity index (χ3v) is 6.36. The number of amides is 2. The SMILES string of the molecule is O=C(O[C@H]1CC[C@H](C(=O)N2CCN(C(=O)OCc3ccccc3)CC2)CC1)c1ccccc1. The van der Waals surface area contributed by atoms with Crippen LogP contribution in [0.2, 0.25) is 0 Å². The fraction of sp³-hybridized carbons (Fsp3) is 0.423. The van der Waals surface area contributed by atoms with E-state index < -0.39 is 0 Å². The lowest BCUT2D eigenvalue weighted by molar-refractivity contribution is -0.138. The van der Waals surface area contributed by atoms with Crippen LogP contribution in [0.25, 0.3) is 0 Å². The second kappa shape index (κ2) is 11.0. The lowest BCUT2D eigenvalue weighted by Crippen LogP contribution is -2.52. The molecule has 0 bridgehead atoms. The molecule has 1 aliphatic carbocycles. The largest absolute Gasteiger partial charge is 0.459 e. The molecule has 0 atom stereocenters. The minimum absolute atomic E-state index is 0.0479. The molecule has 2 aliphatic rings. The third-order valence-electron chi connectivity index (χ3n) is 6.36. The predicted molar refractivity (Wildman–Crippen MR) is 122 cm³/mol. The van der Waals surface area contributed by atoms with Gasteiger partial charge in [0, 0.05) is 32.1 Å². The predicted octanol–water partition coefficient (Wildman–Crippen LogP) is 3.88. The molecule has 2 fully saturated rings. The van der Waals surface area contributed by atoms with Gasteiger partial charge in [0.2, 0.25) is 5.91 Å². The minimum Gasteiger partial charge on any atom is -0.459 e. The average molecular weight is 451 g/mol. The number of carbonyl (C=O) groups excluding carboxylic acids is 3. The molecule has 33 heavy (non-hydrogen) atoms. The summed E-state index contributed by atoms with van der Waals surface area (Å²) >= 11 is 0. The summed E-state index contributed by atoms with van der Waals surface area (Å²) in [5.41, 5.74) is 1.50. The quantitative estimate of drug-likeness (QED) is 0.646. The summed E-state index contributed by atoms with van der Waals surface area (Å²) in [5.74, 6) is -0.214. The number of esters is 1. The Morgan fingerprint density at radius 2 is 1.33 bits per heavy atom. The van der Waals surface area contributed by atoms with E-state index in [9.17, 15) is 14.4 Å². The van der Waals surface area contributed by atoms with Crippen LogP contribution in [0.3, 0.4) is 0 Å². The van der Waals surface area contributed by atoms with Crippen LogP contribution in [0.4, 0.5) is 4.79 Å². The van der Waals surface area contributed by atoms with Crippen molar-refractivity contribution in [2.45, 2.75) is 38.4 Å². The van der Waals surface area contributed by atoms with Crippen LogP contribution in [0.5, 0.6) is 0 Å². The van der Waals surface area contributed by atoms with Crippen molar-refractivity contribution < 1.29 is 23.9 Å². The molecule has 1 heterocycles. The molecule has 2 aromatic carbocycles. The van der Waals surface area contributed by atoms with Crippen molar-refractivity contribution in [2.75, 3.05) is 26.2 Å². The van der Waals surface area contributed by atoms with Gasteiger partial charge in [-0.2, -0.15) is 0 Å². The van der Waals surface area contributed by atoms with E-state index in [0.717, 1.165) is 5.56 Å². The van der Waals surface area contributed by atoms with E-state index in [1.54, 1.807) is 17.0 Å². The Morgan fingerprint density at radius 3 is 1.97 bits per heavy atom. The Morgan fingerprint density at radius 1 is 0.758 bits per heavy atom. The smallest absolute Gasteiger partial charge is 0.410 e. The highest BCUT2D eigenvalue weighted by atomic mass is 16.6. The molecule has 1 saturated heterocycles. The molecule has 2 aromatic rings.